The number of sulfonamides is 1. The van der Waals surface area contributed by atoms with Gasteiger partial charge in [-0.2, -0.15) is 4.31 Å². The van der Waals surface area contributed by atoms with Gasteiger partial charge in [-0.15, -0.1) is 0 Å². The van der Waals surface area contributed by atoms with Crippen LogP contribution in [0.25, 0.3) is 11.0 Å². The number of H-pyrrole nitrogens is 1. The first-order valence-corrected chi connectivity index (χ1v) is 9.73. The van der Waals surface area contributed by atoms with Crippen molar-refractivity contribution in [2.24, 2.45) is 11.7 Å². The molecule has 0 amide bonds. The third kappa shape index (κ3) is 3.11. The number of nitrogens with two attached hydrogens (primary N) is 1. The van der Waals surface area contributed by atoms with E-state index in [4.69, 9.17) is 5.73 Å². The van der Waals surface area contributed by atoms with Crippen LogP contribution in [0.5, 0.6) is 0 Å². The van der Waals surface area contributed by atoms with Gasteiger partial charge in [0.05, 0.1) is 11.1 Å². The Bertz CT molecular complexity index is 805. The van der Waals surface area contributed by atoms with Crippen LogP contribution < -0.4 is 10.6 Å². The molecule has 0 aliphatic carbocycles. The quantitative estimate of drug-likeness (QED) is 0.806. The highest BCUT2D eigenvalue weighted by molar-refractivity contribution is 7.89. The summed E-state index contributed by atoms with van der Waals surface area (Å²) < 4.78 is 26.3. The molecule has 2 aromatic rings. The van der Waals surface area contributed by atoms with E-state index in [2.05, 4.69) is 26.8 Å². The number of anilines is 1. The first-order valence-electron chi connectivity index (χ1n) is 8.13. The number of hydrogen-bond acceptors (Lipinski definition) is 6. The molecule has 2 atom stereocenters. The number of fused-ring (bicyclic) bond motifs is 1. The molecule has 0 spiro atoms. The van der Waals surface area contributed by atoms with Gasteiger partial charge in [0.2, 0.25) is 10.0 Å². The number of piperidine rings is 1. The number of nitrogens with zero attached hydrogens (tertiary/aromatic N) is 4. The Morgan fingerprint density at radius 2 is 2.25 bits per heavy atom. The van der Waals surface area contributed by atoms with Crippen molar-refractivity contribution >= 4 is 26.9 Å². The smallest absolute Gasteiger partial charge is 0.215 e. The van der Waals surface area contributed by atoms with Gasteiger partial charge in [-0.3, -0.25) is 0 Å². The summed E-state index contributed by atoms with van der Waals surface area (Å²) in [5.74, 6) is 1.17. The normalized spacial score (nSPS) is 22.8. The van der Waals surface area contributed by atoms with Crippen molar-refractivity contribution < 1.29 is 8.42 Å². The highest BCUT2D eigenvalue weighted by atomic mass is 32.2. The van der Waals surface area contributed by atoms with E-state index in [1.807, 2.05) is 19.3 Å². The Morgan fingerprint density at radius 1 is 1.46 bits per heavy atom. The minimum absolute atomic E-state index is 0.00657. The summed E-state index contributed by atoms with van der Waals surface area (Å²) in [5.41, 5.74) is 6.23. The van der Waals surface area contributed by atoms with Gasteiger partial charge in [-0.1, -0.05) is 6.92 Å². The van der Waals surface area contributed by atoms with Crippen molar-refractivity contribution in [3.05, 3.63) is 18.6 Å². The molecule has 132 valence electrons. The van der Waals surface area contributed by atoms with Crippen LogP contribution in [0, 0.1) is 5.92 Å². The Morgan fingerprint density at radius 3 is 3.00 bits per heavy atom. The van der Waals surface area contributed by atoms with Crippen LogP contribution in [0.3, 0.4) is 0 Å². The Balaban J connectivity index is 1.88. The molecule has 0 aromatic carbocycles. The van der Waals surface area contributed by atoms with Crippen molar-refractivity contribution in [3.8, 4) is 0 Å². The predicted molar refractivity (Wildman–Crippen MR) is 94.3 cm³/mol. The number of hydrogen-bond donors (Lipinski definition) is 2. The molecule has 1 aliphatic rings. The van der Waals surface area contributed by atoms with Crippen LogP contribution in [-0.2, 0) is 10.0 Å². The Kier molecular flexibility index (Phi) is 4.75. The molecule has 2 unspecified atom stereocenters. The van der Waals surface area contributed by atoms with E-state index in [0.29, 0.717) is 19.0 Å². The van der Waals surface area contributed by atoms with E-state index in [9.17, 15) is 8.42 Å². The molecule has 0 radical (unpaired) electrons. The second-order valence-corrected chi connectivity index (χ2v) is 8.43. The van der Waals surface area contributed by atoms with E-state index in [1.54, 1.807) is 4.31 Å². The Labute approximate surface area is 142 Å². The standard InChI is InChI=1S/C15H24N6O2S/c1-11-4-7-21(24(22,23)8-5-16)9-13(11)20(2)15-12-3-6-17-14(12)18-10-19-15/h3,6,10-11,13H,4-5,7-9,16H2,1-2H3,(H,17,18,19). The highest BCUT2D eigenvalue weighted by Crippen LogP contribution is 2.29. The molecule has 1 fully saturated rings. The van der Waals surface area contributed by atoms with Gasteiger partial charge in [0.1, 0.15) is 17.8 Å². The first-order chi connectivity index (χ1) is 11.4. The van der Waals surface area contributed by atoms with Crippen molar-refractivity contribution in [1.29, 1.82) is 0 Å². The van der Waals surface area contributed by atoms with Gasteiger partial charge in [-0.25, -0.2) is 18.4 Å². The van der Waals surface area contributed by atoms with Crippen molar-refractivity contribution in [1.82, 2.24) is 19.3 Å². The monoisotopic (exact) mass is 352 g/mol. The first kappa shape index (κ1) is 17.1. The fraction of sp³-hybridized carbons (Fsp3) is 0.600. The molecule has 0 saturated carbocycles. The maximum Gasteiger partial charge on any atom is 0.215 e. The average molecular weight is 352 g/mol. The number of aromatic nitrogens is 3. The maximum atomic E-state index is 12.4. The molecular formula is C15H24N6O2S. The molecule has 1 aliphatic heterocycles. The van der Waals surface area contributed by atoms with Gasteiger partial charge in [0.15, 0.2) is 0 Å². The van der Waals surface area contributed by atoms with Crippen LogP contribution >= 0.6 is 0 Å². The fourth-order valence-corrected chi connectivity index (χ4v) is 4.67. The van der Waals surface area contributed by atoms with Gasteiger partial charge in [-0.05, 0) is 18.4 Å². The van der Waals surface area contributed by atoms with E-state index >= 15 is 0 Å². The summed E-state index contributed by atoms with van der Waals surface area (Å²) in [6, 6.07) is 2.00. The molecule has 2 aromatic heterocycles. The average Bonchev–Trinajstić information content (AvgIpc) is 3.03. The van der Waals surface area contributed by atoms with Crippen LogP contribution in [0.2, 0.25) is 0 Å². The summed E-state index contributed by atoms with van der Waals surface area (Å²) in [6.07, 6.45) is 4.18. The zero-order valence-corrected chi connectivity index (χ0v) is 14.8. The van der Waals surface area contributed by atoms with Gasteiger partial charge in [0.25, 0.3) is 0 Å². The van der Waals surface area contributed by atoms with Gasteiger partial charge < -0.3 is 15.6 Å². The van der Waals surface area contributed by atoms with E-state index in [-0.39, 0.29) is 18.3 Å². The van der Waals surface area contributed by atoms with Crippen LogP contribution in [0.4, 0.5) is 5.82 Å². The lowest BCUT2D eigenvalue weighted by Gasteiger charge is -2.41. The number of rotatable bonds is 5. The topological polar surface area (TPSA) is 108 Å². The molecule has 9 heteroatoms. The van der Waals surface area contributed by atoms with Crippen molar-refractivity contribution in [2.45, 2.75) is 19.4 Å². The third-order valence-electron chi connectivity index (χ3n) is 4.82. The second kappa shape index (κ2) is 6.66. The van der Waals surface area contributed by atoms with E-state index in [0.717, 1.165) is 23.3 Å². The summed E-state index contributed by atoms with van der Waals surface area (Å²) >= 11 is 0. The predicted octanol–water partition coefficient (Wildman–Crippen LogP) is 0.393. The molecular weight excluding hydrogens is 328 g/mol. The summed E-state index contributed by atoms with van der Waals surface area (Å²) in [7, 11) is -1.33. The summed E-state index contributed by atoms with van der Waals surface area (Å²) in [5, 5.41) is 0.939. The van der Waals surface area contributed by atoms with E-state index < -0.39 is 10.0 Å². The van der Waals surface area contributed by atoms with Crippen LogP contribution in [-0.4, -0.2) is 66.2 Å². The molecule has 0 bridgehead atoms. The van der Waals surface area contributed by atoms with Crippen molar-refractivity contribution in [2.75, 3.05) is 37.3 Å². The summed E-state index contributed by atoms with van der Waals surface area (Å²) in [6.45, 7) is 3.31. The van der Waals surface area contributed by atoms with E-state index in [1.165, 1.54) is 6.33 Å². The molecule has 3 heterocycles. The second-order valence-electron chi connectivity index (χ2n) is 6.34. The molecule has 3 N–H and O–H groups in total. The molecule has 24 heavy (non-hydrogen) atoms. The van der Waals surface area contributed by atoms with Gasteiger partial charge in [0, 0.05) is 38.9 Å². The zero-order valence-electron chi connectivity index (χ0n) is 14.0. The molecule has 1 saturated heterocycles. The summed E-state index contributed by atoms with van der Waals surface area (Å²) in [4.78, 5) is 13.8. The lowest BCUT2D eigenvalue weighted by molar-refractivity contribution is 0.247. The zero-order chi connectivity index (χ0) is 17.3. The molecule has 3 rings (SSSR count). The van der Waals surface area contributed by atoms with Crippen molar-refractivity contribution in [3.63, 3.8) is 0 Å². The number of nitrogens with one attached hydrogen (secondary N) is 1. The van der Waals surface area contributed by atoms with Crippen LogP contribution in [0.1, 0.15) is 13.3 Å². The molecule has 8 nitrogen and oxygen atoms in total. The Hall–Kier alpha value is -1.71. The van der Waals surface area contributed by atoms with Crippen LogP contribution in [0.15, 0.2) is 18.6 Å². The number of aromatic amines is 1. The fourth-order valence-electron chi connectivity index (χ4n) is 3.35. The lowest BCUT2D eigenvalue weighted by atomic mass is 9.93. The highest BCUT2D eigenvalue weighted by Gasteiger charge is 2.35. The minimum Gasteiger partial charge on any atom is -0.354 e. The third-order valence-corrected chi connectivity index (χ3v) is 6.69. The largest absolute Gasteiger partial charge is 0.354 e. The maximum absolute atomic E-state index is 12.4. The van der Waals surface area contributed by atoms with Gasteiger partial charge >= 0.3 is 0 Å². The minimum atomic E-state index is -3.29. The lowest BCUT2D eigenvalue weighted by Crippen LogP contribution is -2.53. The SMILES string of the molecule is CC1CCN(S(=O)(=O)CCN)CC1N(C)c1ncnc2[nH]ccc12. The number of likely N-dealkylation sites (N-methyl/N-ethyl adjacent to an activating group) is 1.